The van der Waals surface area contributed by atoms with E-state index in [1.54, 1.807) is 6.07 Å². The summed E-state index contributed by atoms with van der Waals surface area (Å²) in [6, 6.07) is 7.06. The van der Waals surface area contributed by atoms with Crippen LogP contribution in [0.25, 0.3) is 10.9 Å². The first kappa shape index (κ1) is 16.2. The predicted molar refractivity (Wildman–Crippen MR) is 86.7 cm³/mol. The van der Waals surface area contributed by atoms with Gasteiger partial charge in [-0.1, -0.05) is 19.1 Å². The number of aromatic nitrogens is 2. The highest BCUT2D eigenvalue weighted by Gasteiger charge is 2.17. The largest absolute Gasteiger partial charge is 0.355 e. The highest BCUT2D eigenvalue weighted by molar-refractivity contribution is 5.78. The summed E-state index contributed by atoms with van der Waals surface area (Å²) in [6.45, 7) is 4.86. The molecule has 1 aromatic carbocycles. The van der Waals surface area contributed by atoms with Crippen molar-refractivity contribution in [1.82, 2.24) is 20.2 Å². The molecule has 0 saturated carbocycles. The summed E-state index contributed by atoms with van der Waals surface area (Å²) in [5.74, 6) is 0.536. The number of aromatic amines is 1. The van der Waals surface area contributed by atoms with Gasteiger partial charge >= 0.3 is 0 Å². The van der Waals surface area contributed by atoms with Crippen molar-refractivity contribution in [3.63, 3.8) is 0 Å². The van der Waals surface area contributed by atoms with Gasteiger partial charge in [0.1, 0.15) is 5.82 Å². The average Bonchev–Trinajstić information content (AvgIpc) is 2.52. The third kappa shape index (κ3) is 3.71. The zero-order chi connectivity index (χ0) is 16.1. The molecular formula is C16H22N4O2. The Bertz CT molecular complexity index is 711. The van der Waals surface area contributed by atoms with Crippen molar-refractivity contribution in [3.05, 3.63) is 40.4 Å². The van der Waals surface area contributed by atoms with E-state index in [1.165, 1.54) is 0 Å². The second-order valence-corrected chi connectivity index (χ2v) is 5.41. The molecule has 2 N–H and O–H groups in total. The summed E-state index contributed by atoms with van der Waals surface area (Å²) in [5.41, 5.74) is 0.508. The second-order valence-electron chi connectivity index (χ2n) is 5.41. The summed E-state index contributed by atoms with van der Waals surface area (Å²) in [4.78, 5) is 33.0. The van der Waals surface area contributed by atoms with Gasteiger partial charge in [-0.3, -0.25) is 14.5 Å². The van der Waals surface area contributed by atoms with Gasteiger partial charge in [0, 0.05) is 6.54 Å². The van der Waals surface area contributed by atoms with E-state index in [0.29, 0.717) is 23.3 Å². The number of benzene rings is 1. The normalized spacial score (nSPS) is 12.5. The molecule has 0 fully saturated rings. The lowest BCUT2D eigenvalue weighted by Crippen LogP contribution is -2.37. The van der Waals surface area contributed by atoms with Crippen molar-refractivity contribution < 1.29 is 4.79 Å². The van der Waals surface area contributed by atoms with Gasteiger partial charge in [-0.25, -0.2) is 4.98 Å². The molecule has 1 aromatic heterocycles. The summed E-state index contributed by atoms with van der Waals surface area (Å²) in [7, 11) is 1.84. The fourth-order valence-corrected chi connectivity index (χ4v) is 2.19. The van der Waals surface area contributed by atoms with E-state index in [0.717, 1.165) is 6.42 Å². The zero-order valence-electron chi connectivity index (χ0n) is 13.2. The number of rotatable bonds is 6. The van der Waals surface area contributed by atoms with Crippen molar-refractivity contribution in [1.29, 1.82) is 0 Å². The number of hydrogen-bond acceptors (Lipinski definition) is 4. The van der Waals surface area contributed by atoms with Crippen molar-refractivity contribution in [2.45, 2.75) is 26.3 Å². The quantitative estimate of drug-likeness (QED) is 0.846. The maximum absolute atomic E-state index is 12.1. The molecule has 22 heavy (non-hydrogen) atoms. The number of nitrogens with zero attached hydrogens (tertiary/aromatic N) is 2. The molecule has 2 aromatic rings. The van der Waals surface area contributed by atoms with Crippen LogP contribution < -0.4 is 10.9 Å². The van der Waals surface area contributed by atoms with Crippen molar-refractivity contribution in [2.24, 2.45) is 0 Å². The molecule has 0 unspecified atom stereocenters. The van der Waals surface area contributed by atoms with Crippen LogP contribution in [-0.2, 0) is 4.79 Å². The number of para-hydroxylation sites is 1. The summed E-state index contributed by atoms with van der Waals surface area (Å²) in [5, 5.41) is 3.41. The number of likely N-dealkylation sites (N-methyl/N-ethyl adjacent to an activating group) is 1. The van der Waals surface area contributed by atoms with Gasteiger partial charge in [-0.2, -0.15) is 0 Å². The Labute approximate surface area is 129 Å². The average molecular weight is 302 g/mol. The van der Waals surface area contributed by atoms with E-state index >= 15 is 0 Å². The van der Waals surface area contributed by atoms with Gasteiger partial charge in [0.15, 0.2) is 0 Å². The van der Waals surface area contributed by atoms with E-state index in [1.807, 2.05) is 44.0 Å². The molecule has 1 amide bonds. The molecule has 2 rings (SSSR count). The van der Waals surface area contributed by atoms with Crippen LogP contribution in [0.5, 0.6) is 0 Å². The van der Waals surface area contributed by atoms with Gasteiger partial charge < -0.3 is 10.3 Å². The number of nitrogens with one attached hydrogen (secondary N) is 2. The zero-order valence-corrected chi connectivity index (χ0v) is 13.2. The lowest BCUT2D eigenvalue weighted by atomic mass is 10.2. The molecule has 0 aliphatic heterocycles. The van der Waals surface area contributed by atoms with Crippen LogP contribution in [-0.4, -0.2) is 40.9 Å². The molecule has 6 heteroatoms. The van der Waals surface area contributed by atoms with Crippen LogP contribution in [0.1, 0.15) is 32.1 Å². The summed E-state index contributed by atoms with van der Waals surface area (Å²) < 4.78 is 0. The Morgan fingerprint density at radius 2 is 2.14 bits per heavy atom. The minimum Gasteiger partial charge on any atom is -0.355 e. The van der Waals surface area contributed by atoms with Crippen LogP contribution in [0.4, 0.5) is 0 Å². The van der Waals surface area contributed by atoms with Crippen molar-refractivity contribution in [3.8, 4) is 0 Å². The van der Waals surface area contributed by atoms with Crippen LogP contribution in [0.3, 0.4) is 0 Å². The van der Waals surface area contributed by atoms with Crippen molar-refractivity contribution >= 4 is 16.8 Å². The molecule has 1 atom stereocenters. The highest BCUT2D eigenvalue weighted by Crippen LogP contribution is 2.15. The lowest BCUT2D eigenvalue weighted by molar-refractivity contribution is -0.122. The minimum absolute atomic E-state index is 0.0284. The van der Waals surface area contributed by atoms with Crippen LogP contribution in [0.15, 0.2) is 29.1 Å². The molecule has 0 radical (unpaired) electrons. The van der Waals surface area contributed by atoms with E-state index in [-0.39, 0.29) is 24.1 Å². The van der Waals surface area contributed by atoms with Crippen LogP contribution >= 0.6 is 0 Å². The number of amides is 1. The molecule has 6 nitrogen and oxygen atoms in total. The Hall–Kier alpha value is -2.21. The lowest BCUT2D eigenvalue weighted by Gasteiger charge is -2.23. The Morgan fingerprint density at radius 1 is 1.41 bits per heavy atom. The Balaban J connectivity index is 2.16. The van der Waals surface area contributed by atoms with E-state index < -0.39 is 0 Å². The molecule has 0 saturated heterocycles. The molecule has 0 spiro atoms. The van der Waals surface area contributed by atoms with E-state index in [2.05, 4.69) is 15.3 Å². The maximum Gasteiger partial charge on any atom is 0.258 e. The SMILES string of the molecule is CCCNC(=O)CN(C)[C@H](C)c1nc2ccccc2c(=O)[nH]1. The fraction of sp³-hybridized carbons (Fsp3) is 0.438. The molecule has 1 heterocycles. The van der Waals surface area contributed by atoms with Gasteiger partial charge in [-0.15, -0.1) is 0 Å². The van der Waals surface area contributed by atoms with Gasteiger partial charge in [0.2, 0.25) is 5.91 Å². The molecular weight excluding hydrogens is 280 g/mol. The minimum atomic E-state index is -0.162. The molecule has 0 aliphatic rings. The maximum atomic E-state index is 12.1. The van der Waals surface area contributed by atoms with E-state index in [9.17, 15) is 9.59 Å². The first-order valence-electron chi connectivity index (χ1n) is 7.48. The molecule has 0 bridgehead atoms. The Morgan fingerprint density at radius 3 is 2.86 bits per heavy atom. The van der Waals surface area contributed by atoms with Gasteiger partial charge in [0.25, 0.3) is 5.56 Å². The fourth-order valence-electron chi connectivity index (χ4n) is 2.19. The number of hydrogen-bond donors (Lipinski definition) is 2. The molecule has 118 valence electrons. The first-order chi connectivity index (χ1) is 10.5. The number of carbonyl (C=O) groups excluding carboxylic acids is 1. The number of H-pyrrole nitrogens is 1. The number of fused-ring (bicyclic) bond motifs is 1. The van der Waals surface area contributed by atoms with E-state index in [4.69, 9.17) is 0 Å². The topological polar surface area (TPSA) is 78.1 Å². The van der Waals surface area contributed by atoms with Crippen molar-refractivity contribution in [2.75, 3.05) is 20.1 Å². The number of carbonyl (C=O) groups is 1. The van der Waals surface area contributed by atoms with Crippen LogP contribution in [0, 0.1) is 0 Å². The standard InChI is InChI=1S/C16H22N4O2/c1-4-9-17-14(21)10-20(3)11(2)15-18-13-8-6-5-7-12(13)16(22)19-15/h5-8,11H,4,9-10H2,1-3H3,(H,17,21)(H,18,19,22)/t11-/m1/s1. The van der Waals surface area contributed by atoms with Crippen LogP contribution in [0.2, 0.25) is 0 Å². The monoisotopic (exact) mass is 302 g/mol. The Kier molecular flexibility index (Phi) is 5.27. The third-order valence-electron chi connectivity index (χ3n) is 3.65. The highest BCUT2D eigenvalue weighted by atomic mass is 16.2. The summed E-state index contributed by atoms with van der Waals surface area (Å²) in [6.07, 6.45) is 0.907. The summed E-state index contributed by atoms with van der Waals surface area (Å²) >= 11 is 0. The van der Waals surface area contributed by atoms with Gasteiger partial charge in [-0.05, 0) is 32.5 Å². The molecule has 0 aliphatic carbocycles. The second kappa shape index (κ2) is 7.17. The predicted octanol–water partition coefficient (Wildman–Crippen LogP) is 1.44. The third-order valence-corrected chi connectivity index (χ3v) is 3.65. The smallest absolute Gasteiger partial charge is 0.258 e. The van der Waals surface area contributed by atoms with Gasteiger partial charge in [0.05, 0.1) is 23.5 Å². The first-order valence-corrected chi connectivity index (χ1v) is 7.48.